The van der Waals surface area contributed by atoms with Crippen molar-refractivity contribution in [1.29, 1.82) is 0 Å². The summed E-state index contributed by atoms with van der Waals surface area (Å²) in [6.45, 7) is 7.92. The quantitative estimate of drug-likeness (QED) is 0.753. The number of fused-ring (bicyclic) bond motifs is 1. The summed E-state index contributed by atoms with van der Waals surface area (Å²) in [4.78, 5) is 24.1. The van der Waals surface area contributed by atoms with Gasteiger partial charge in [-0.3, -0.25) is 14.9 Å². The molecule has 27 heavy (non-hydrogen) atoms. The third-order valence-corrected chi connectivity index (χ3v) is 5.07. The van der Waals surface area contributed by atoms with Gasteiger partial charge in [-0.25, -0.2) is 0 Å². The van der Waals surface area contributed by atoms with Crippen LogP contribution in [0.5, 0.6) is 0 Å². The zero-order chi connectivity index (χ0) is 19.6. The summed E-state index contributed by atoms with van der Waals surface area (Å²) in [6.07, 6.45) is 1.28. The van der Waals surface area contributed by atoms with Crippen LogP contribution in [0.3, 0.4) is 0 Å². The maximum Gasteiger partial charge on any atom is 0.241 e. The first kappa shape index (κ1) is 19.1. The van der Waals surface area contributed by atoms with Gasteiger partial charge in [0.1, 0.15) is 0 Å². The van der Waals surface area contributed by atoms with Crippen molar-refractivity contribution >= 4 is 23.2 Å². The smallest absolute Gasteiger partial charge is 0.241 e. The predicted octanol–water partition coefficient (Wildman–Crippen LogP) is 3.87. The minimum absolute atomic E-state index is 0.0206. The molecule has 0 saturated carbocycles. The van der Waals surface area contributed by atoms with E-state index in [2.05, 4.69) is 22.0 Å². The lowest BCUT2D eigenvalue weighted by molar-refractivity contribution is -0.118. The van der Waals surface area contributed by atoms with Gasteiger partial charge in [-0.2, -0.15) is 0 Å². The zero-order valence-electron chi connectivity index (χ0n) is 16.3. The molecule has 142 valence electrons. The molecule has 2 amide bonds. The molecule has 1 aliphatic heterocycles. The molecule has 0 aromatic heterocycles. The number of carbonyl (C=O) groups is 2. The maximum absolute atomic E-state index is 12.6. The van der Waals surface area contributed by atoms with Crippen molar-refractivity contribution in [1.82, 2.24) is 5.32 Å². The van der Waals surface area contributed by atoms with Gasteiger partial charge < -0.3 is 10.6 Å². The second kappa shape index (κ2) is 7.92. The van der Waals surface area contributed by atoms with Gasteiger partial charge in [-0.1, -0.05) is 24.3 Å². The standard InChI is InChI=1S/C22H27N3O2/c1-13-5-6-14(2)20(11-13)25-22(27)16(4)23-15(3)17-7-9-19-18(12-17)8-10-21(26)24-19/h5-7,9,11-12,15-16,23H,8,10H2,1-4H3,(H,24,26)(H,25,27)/t15-,16-/m1/s1. The van der Waals surface area contributed by atoms with Crippen molar-refractivity contribution in [2.45, 2.75) is 52.6 Å². The van der Waals surface area contributed by atoms with E-state index in [1.807, 2.05) is 58.0 Å². The SMILES string of the molecule is Cc1ccc(C)c(NC(=O)[C@@H](C)N[C@H](C)c2ccc3c(c2)CCC(=O)N3)c1. The van der Waals surface area contributed by atoms with Gasteiger partial charge in [0.2, 0.25) is 11.8 Å². The number of aryl methyl sites for hydroxylation is 3. The summed E-state index contributed by atoms with van der Waals surface area (Å²) in [6, 6.07) is 11.8. The van der Waals surface area contributed by atoms with E-state index < -0.39 is 0 Å². The number of benzene rings is 2. The molecule has 0 spiro atoms. The summed E-state index contributed by atoms with van der Waals surface area (Å²) in [5.41, 5.74) is 6.16. The Bertz CT molecular complexity index is 876. The van der Waals surface area contributed by atoms with Gasteiger partial charge in [-0.05, 0) is 68.5 Å². The van der Waals surface area contributed by atoms with Gasteiger partial charge in [0, 0.05) is 23.8 Å². The minimum Gasteiger partial charge on any atom is -0.326 e. The molecule has 0 radical (unpaired) electrons. The first-order valence-corrected chi connectivity index (χ1v) is 9.40. The molecule has 1 heterocycles. The molecule has 5 heteroatoms. The van der Waals surface area contributed by atoms with Crippen LogP contribution in [0.2, 0.25) is 0 Å². The minimum atomic E-state index is -0.337. The van der Waals surface area contributed by atoms with Gasteiger partial charge in [-0.15, -0.1) is 0 Å². The van der Waals surface area contributed by atoms with E-state index in [1.165, 1.54) is 0 Å². The third kappa shape index (κ3) is 4.55. The highest BCUT2D eigenvalue weighted by Gasteiger charge is 2.19. The molecule has 5 nitrogen and oxygen atoms in total. The number of amides is 2. The first-order valence-electron chi connectivity index (χ1n) is 9.40. The van der Waals surface area contributed by atoms with Crippen molar-refractivity contribution in [3.63, 3.8) is 0 Å². The van der Waals surface area contributed by atoms with Gasteiger partial charge >= 0.3 is 0 Å². The molecular weight excluding hydrogens is 338 g/mol. The molecule has 2 atom stereocenters. The van der Waals surface area contributed by atoms with Crippen LogP contribution >= 0.6 is 0 Å². The molecule has 2 aromatic carbocycles. The Morgan fingerprint density at radius 2 is 1.85 bits per heavy atom. The van der Waals surface area contributed by atoms with E-state index in [9.17, 15) is 9.59 Å². The van der Waals surface area contributed by atoms with Crippen molar-refractivity contribution in [2.75, 3.05) is 10.6 Å². The van der Waals surface area contributed by atoms with Crippen molar-refractivity contribution in [3.8, 4) is 0 Å². The van der Waals surface area contributed by atoms with E-state index in [0.29, 0.717) is 6.42 Å². The Hall–Kier alpha value is -2.66. The highest BCUT2D eigenvalue weighted by molar-refractivity contribution is 5.95. The number of hydrogen-bond acceptors (Lipinski definition) is 3. The van der Waals surface area contributed by atoms with Crippen LogP contribution in [-0.2, 0) is 16.0 Å². The fourth-order valence-electron chi connectivity index (χ4n) is 3.33. The molecule has 0 fully saturated rings. The summed E-state index contributed by atoms with van der Waals surface area (Å²) < 4.78 is 0. The lowest BCUT2D eigenvalue weighted by atomic mass is 9.97. The number of rotatable bonds is 5. The largest absolute Gasteiger partial charge is 0.326 e. The van der Waals surface area contributed by atoms with E-state index in [0.717, 1.165) is 40.0 Å². The Morgan fingerprint density at radius 3 is 2.63 bits per heavy atom. The van der Waals surface area contributed by atoms with Crippen LogP contribution in [0.15, 0.2) is 36.4 Å². The summed E-state index contributed by atoms with van der Waals surface area (Å²) >= 11 is 0. The summed E-state index contributed by atoms with van der Waals surface area (Å²) in [5.74, 6) is 0.0129. The molecule has 3 rings (SSSR count). The normalized spacial score (nSPS) is 15.5. The van der Waals surface area contributed by atoms with Gasteiger partial charge in [0.25, 0.3) is 0 Å². The second-order valence-corrected chi connectivity index (χ2v) is 7.38. The van der Waals surface area contributed by atoms with Crippen molar-refractivity contribution < 1.29 is 9.59 Å². The van der Waals surface area contributed by atoms with Crippen LogP contribution in [0.25, 0.3) is 0 Å². The second-order valence-electron chi connectivity index (χ2n) is 7.38. The molecule has 0 saturated heterocycles. The lowest BCUT2D eigenvalue weighted by Crippen LogP contribution is -2.39. The average Bonchev–Trinajstić information content (AvgIpc) is 2.64. The van der Waals surface area contributed by atoms with E-state index >= 15 is 0 Å². The molecule has 2 aromatic rings. The highest BCUT2D eigenvalue weighted by atomic mass is 16.2. The summed E-state index contributed by atoms with van der Waals surface area (Å²) in [7, 11) is 0. The number of carbonyl (C=O) groups excluding carboxylic acids is 2. The van der Waals surface area contributed by atoms with Crippen LogP contribution in [-0.4, -0.2) is 17.9 Å². The van der Waals surface area contributed by atoms with Gasteiger partial charge in [0.05, 0.1) is 6.04 Å². The van der Waals surface area contributed by atoms with E-state index in [4.69, 9.17) is 0 Å². The van der Waals surface area contributed by atoms with E-state index in [-0.39, 0.29) is 23.9 Å². The molecular formula is C22H27N3O2. The Balaban J connectivity index is 1.64. The predicted molar refractivity (Wildman–Crippen MR) is 109 cm³/mol. The number of anilines is 2. The number of hydrogen-bond donors (Lipinski definition) is 3. The molecule has 0 unspecified atom stereocenters. The van der Waals surface area contributed by atoms with Crippen LogP contribution in [0.1, 0.15) is 48.6 Å². The third-order valence-electron chi connectivity index (χ3n) is 5.07. The molecule has 0 aliphatic carbocycles. The molecule has 0 bridgehead atoms. The fraction of sp³-hybridized carbons (Fsp3) is 0.364. The maximum atomic E-state index is 12.6. The van der Waals surface area contributed by atoms with Crippen LogP contribution in [0, 0.1) is 13.8 Å². The highest BCUT2D eigenvalue weighted by Crippen LogP contribution is 2.26. The Morgan fingerprint density at radius 1 is 1.07 bits per heavy atom. The number of nitrogens with one attached hydrogen (secondary N) is 3. The summed E-state index contributed by atoms with van der Waals surface area (Å²) in [5, 5.41) is 9.28. The first-order chi connectivity index (χ1) is 12.8. The fourth-order valence-corrected chi connectivity index (χ4v) is 3.33. The van der Waals surface area contributed by atoms with Crippen LogP contribution in [0.4, 0.5) is 11.4 Å². The monoisotopic (exact) mass is 365 g/mol. The van der Waals surface area contributed by atoms with Crippen LogP contribution < -0.4 is 16.0 Å². The van der Waals surface area contributed by atoms with Gasteiger partial charge in [0.15, 0.2) is 0 Å². The average molecular weight is 365 g/mol. The lowest BCUT2D eigenvalue weighted by Gasteiger charge is -2.23. The molecule has 1 aliphatic rings. The molecule has 3 N–H and O–H groups in total. The Labute approximate surface area is 160 Å². The van der Waals surface area contributed by atoms with Crippen molar-refractivity contribution in [3.05, 3.63) is 58.7 Å². The topological polar surface area (TPSA) is 70.2 Å². The van der Waals surface area contributed by atoms with Crippen molar-refractivity contribution in [2.24, 2.45) is 0 Å². The van der Waals surface area contributed by atoms with E-state index in [1.54, 1.807) is 0 Å². The zero-order valence-corrected chi connectivity index (χ0v) is 16.3. The Kier molecular flexibility index (Phi) is 5.61.